The quantitative estimate of drug-likeness (QED) is 0.778. The Morgan fingerprint density at radius 1 is 1.67 bits per heavy atom. The van der Waals surface area contributed by atoms with E-state index in [-0.39, 0.29) is 16.9 Å². The van der Waals surface area contributed by atoms with Gasteiger partial charge in [0.15, 0.2) is 10.8 Å². The van der Waals surface area contributed by atoms with Crippen LogP contribution in [-0.4, -0.2) is 37.2 Å². The van der Waals surface area contributed by atoms with E-state index >= 15 is 0 Å². The van der Waals surface area contributed by atoms with Crippen LogP contribution in [0.25, 0.3) is 0 Å². The summed E-state index contributed by atoms with van der Waals surface area (Å²) in [4.78, 5) is 3.76. The van der Waals surface area contributed by atoms with Gasteiger partial charge in [0.2, 0.25) is 0 Å². The van der Waals surface area contributed by atoms with Gasteiger partial charge in [-0.2, -0.15) is 0 Å². The molecule has 1 saturated heterocycles. The highest BCUT2D eigenvalue weighted by molar-refractivity contribution is 7.89. The van der Waals surface area contributed by atoms with Crippen molar-refractivity contribution in [3.05, 3.63) is 6.33 Å². The Morgan fingerprint density at radius 3 is 3.00 bits per heavy atom. The molecule has 102 valence electrons. The monoisotopic (exact) mass is 274 g/mol. The number of nitrogens with zero attached hydrogens (tertiary/aromatic N) is 2. The Hall–Kier alpha value is -1.12. The second-order valence-corrected chi connectivity index (χ2v) is 6.05. The first-order valence-electron chi connectivity index (χ1n) is 5.89. The summed E-state index contributed by atoms with van der Waals surface area (Å²) in [7, 11) is -2.00. The van der Waals surface area contributed by atoms with Crippen LogP contribution in [-0.2, 0) is 21.8 Å². The molecule has 1 aromatic heterocycles. The van der Waals surface area contributed by atoms with E-state index in [0.717, 1.165) is 19.4 Å². The van der Waals surface area contributed by atoms with E-state index in [2.05, 4.69) is 9.71 Å². The van der Waals surface area contributed by atoms with Crippen molar-refractivity contribution in [3.8, 4) is 0 Å². The number of nitrogens with two attached hydrogens (primary N) is 1. The summed E-state index contributed by atoms with van der Waals surface area (Å²) in [6.07, 6.45) is 4.26. The molecule has 1 unspecified atom stereocenters. The fraction of sp³-hybridized carbons (Fsp3) is 0.700. The largest absolute Gasteiger partial charge is 0.381 e. The molecule has 1 fully saturated rings. The molecule has 0 spiro atoms. The van der Waals surface area contributed by atoms with E-state index in [1.54, 1.807) is 7.05 Å². The molecule has 3 N–H and O–H groups in total. The van der Waals surface area contributed by atoms with Crippen LogP contribution in [0.5, 0.6) is 0 Å². The van der Waals surface area contributed by atoms with Crippen LogP contribution in [0.4, 0.5) is 5.82 Å². The lowest BCUT2D eigenvalue weighted by atomic mass is 10.2. The van der Waals surface area contributed by atoms with Gasteiger partial charge in [-0.1, -0.05) is 0 Å². The van der Waals surface area contributed by atoms with Crippen LogP contribution < -0.4 is 10.5 Å². The number of anilines is 1. The first-order valence-corrected chi connectivity index (χ1v) is 7.37. The molecule has 0 amide bonds. The van der Waals surface area contributed by atoms with Crippen LogP contribution >= 0.6 is 0 Å². The van der Waals surface area contributed by atoms with Crippen molar-refractivity contribution in [2.45, 2.75) is 30.4 Å². The first-order chi connectivity index (χ1) is 8.50. The zero-order valence-electron chi connectivity index (χ0n) is 10.3. The third-order valence-corrected chi connectivity index (χ3v) is 4.54. The highest BCUT2D eigenvalue weighted by Crippen LogP contribution is 2.17. The number of hydrogen-bond acceptors (Lipinski definition) is 5. The van der Waals surface area contributed by atoms with Gasteiger partial charge >= 0.3 is 0 Å². The molecule has 2 heterocycles. The summed E-state index contributed by atoms with van der Waals surface area (Å²) in [6.45, 7) is 1.11. The van der Waals surface area contributed by atoms with E-state index in [1.807, 2.05) is 0 Å². The number of hydrogen-bond donors (Lipinski definition) is 2. The minimum atomic E-state index is -3.60. The molecular weight excluding hydrogens is 256 g/mol. The van der Waals surface area contributed by atoms with E-state index in [1.165, 1.54) is 10.9 Å². The third-order valence-electron chi connectivity index (χ3n) is 2.95. The summed E-state index contributed by atoms with van der Waals surface area (Å²) >= 11 is 0. The topological polar surface area (TPSA) is 99.2 Å². The predicted molar refractivity (Wildman–Crippen MR) is 66.4 cm³/mol. The highest BCUT2D eigenvalue weighted by Gasteiger charge is 2.23. The van der Waals surface area contributed by atoms with Crippen LogP contribution in [0.3, 0.4) is 0 Å². The van der Waals surface area contributed by atoms with Gasteiger partial charge in [-0.3, -0.25) is 0 Å². The molecule has 1 atom stereocenters. The average molecular weight is 274 g/mol. The van der Waals surface area contributed by atoms with Crippen molar-refractivity contribution in [2.24, 2.45) is 7.05 Å². The van der Waals surface area contributed by atoms with Crippen molar-refractivity contribution in [2.75, 3.05) is 18.9 Å². The van der Waals surface area contributed by atoms with Crippen molar-refractivity contribution in [3.63, 3.8) is 0 Å². The van der Waals surface area contributed by atoms with E-state index < -0.39 is 10.0 Å². The number of aryl methyl sites for hydroxylation is 1. The van der Waals surface area contributed by atoms with Crippen molar-refractivity contribution < 1.29 is 13.2 Å². The van der Waals surface area contributed by atoms with Gasteiger partial charge in [-0.25, -0.2) is 18.1 Å². The number of sulfonamides is 1. The normalized spacial score (nSPS) is 20.4. The van der Waals surface area contributed by atoms with Crippen molar-refractivity contribution >= 4 is 15.8 Å². The predicted octanol–water partition coefficient (Wildman–Crippen LogP) is -0.150. The lowest BCUT2D eigenvalue weighted by Gasteiger charge is -2.11. The lowest BCUT2D eigenvalue weighted by molar-refractivity contribution is 0.105. The maximum Gasteiger partial charge on any atom is 0.260 e. The maximum absolute atomic E-state index is 12.0. The van der Waals surface area contributed by atoms with Crippen LogP contribution in [0, 0.1) is 0 Å². The zero-order chi connectivity index (χ0) is 13.2. The Kier molecular flexibility index (Phi) is 3.88. The molecular formula is C10H18N4O3S. The van der Waals surface area contributed by atoms with Gasteiger partial charge in [0, 0.05) is 20.2 Å². The van der Waals surface area contributed by atoms with Gasteiger partial charge in [-0.15, -0.1) is 0 Å². The molecule has 0 radical (unpaired) electrons. The molecule has 0 aliphatic carbocycles. The summed E-state index contributed by atoms with van der Waals surface area (Å²) in [6, 6.07) is 0. The molecule has 1 aliphatic heterocycles. The standard InChI is InChI=1S/C10H18N4O3S/c1-14-7-12-9(11)10(14)18(15,16)13-5-4-8-3-2-6-17-8/h7-8,13H,2-6,11H2,1H3. The van der Waals surface area contributed by atoms with Crippen LogP contribution in [0.15, 0.2) is 11.4 Å². The van der Waals surface area contributed by atoms with Crippen LogP contribution in [0.2, 0.25) is 0 Å². The molecule has 0 bridgehead atoms. The number of nitrogens with one attached hydrogen (secondary N) is 1. The minimum absolute atomic E-state index is 0.00911. The first kappa shape index (κ1) is 13.3. The second-order valence-electron chi connectivity index (χ2n) is 4.37. The minimum Gasteiger partial charge on any atom is -0.381 e. The molecule has 1 aliphatic rings. The molecule has 7 nitrogen and oxygen atoms in total. The van der Waals surface area contributed by atoms with Gasteiger partial charge < -0.3 is 15.0 Å². The smallest absolute Gasteiger partial charge is 0.260 e. The number of rotatable bonds is 5. The Balaban J connectivity index is 1.95. The second kappa shape index (κ2) is 5.25. The Bertz CT molecular complexity index is 486. The van der Waals surface area contributed by atoms with Gasteiger partial charge in [0.25, 0.3) is 10.0 Å². The summed E-state index contributed by atoms with van der Waals surface area (Å²) in [5.74, 6) is 0.0158. The molecule has 0 aromatic carbocycles. The number of aromatic nitrogens is 2. The van der Waals surface area contributed by atoms with E-state index in [0.29, 0.717) is 13.0 Å². The number of nitrogen functional groups attached to an aromatic ring is 1. The summed E-state index contributed by atoms with van der Waals surface area (Å²) < 4.78 is 33.4. The van der Waals surface area contributed by atoms with E-state index in [9.17, 15) is 8.42 Å². The number of imidazole rings is 1. The maximum atomic E-state index is 12.0. The average Bonchev–Trinajstić information content (AvgIpc) is 2.89. The zero-order valence-corrected chi connectivity index (χ0v) is 11.1. The highest BCUT2D eigenvalue weighted by atomic mass is 32.2. The number of ether oxygens (including phenoxy) is 1. The van der Waals surface area contributed by atoms with E-state index in [4.69, 9.17) is 10.5 Å². The van der Waals surface area contributed by atoms with Gasteiger partial charge in [0.1, 0.15) is 0 Å². The molecule has 18 heavy (non-hydrogen) atoms. The van der Waals surface area contributed by atoms with Crippen LogP contribution in [0.1, 0.15) is 19.3 Å². The molecule has 0 saturated carbocycles. The summed E-state index contributed by atoms with van der Waals surface area (Å²) in [5, 5.41) is 0.00911. The molecule has 8 heteroatoms. The third kappa shape index (κ3) is 2.82. The Labute approximate surface area is 106 Å². The van der Waals surface area contributed by atoms with Gasteiger partial charge in [-0.05, 0) is 19.3 Å². The molecule has 1 aromatic rings. The van der Waals surface area contributed by atoms with Gasteiger partial charge in [0.05, 0.1) is 12.4 Å². The fourth-order valence-electron chi connectivity index (χ4n) is 2.06. The van der Waals surface area contributed by atoms with Crippen molar-refractivity contribution in [1.29, 1.82) is 0 Å². The molecule has 2 rings (SSSR count). The lowest BCUT2D eigenvalue weighted by Crippen LogP contribution is -2.29. The van der Waals surface area contributed by atoms with Crippen molar-refractivity contribution in [1.82, 2.24) is 14.3 Å². The summed E-state index contributed by atoms with van der Waals surface area (Å²) in [5.41, 5.74) is 5.55. The SMILES string of the molecule is Cn1cnc(N)c1S(=O)(=O)NCCC1CCCO1. The fourth-order valence-corrected chi connectivity index (χ4v) is 3.34. The Morgan fingerprint density at radius 2 is 2.44 bits per heavy atom.